The maximum Gasteiger partial charge on any atom is 0.154 e. The second kappa shape index (κ2) is 4.32. The Kier molecular flexibility index (Phi) is 2.86. The molecule has 5 nitrogen and oxygen atoms in total. The van der Waals surface area contributed by atoms with Crippen molar-refractivity contribution in [3.05, 3.63) is 29.8 Å². The summed E-state index contributed by atoms with van der Waals surface area (Å²) in [4.78, 5) is 3.98. The number of hydrogen-bond donors (Lipinski definition) is 1. The third-order valence-electron chi connectivity index (χ3n) is 2.24. The van der Waals surface area contributed by atoms with Crippen LogP contribution in [0.4, 0.5) is 10.2 Å². The van der Waals surface area contributed by atoms with Gasteiger partial charge < -0.3 is 10.5 Å². The molecule has 0 amide bonds. The van der Waals surface area contributed by atoms with Crippen LogP contribution in [0.2, 0.25) is 0 Å². The van der Waals surface area contributed by atoms with Gasteiger partial charge in [0.15, 0.2) is 5.82 Å². The van der Waals surface area contributed by atoms with E-state index in [0.717, 1.165) is 0 Å². The molecule has 1 aromatic carbocycles. The summed E-state index contributed by atoms with van der Waals surface area (Å²) in [6.07, 6.45) is 0. The van der Waals surface area contributed by atoms with E-state index in [9.17, 15) is 4.39 Å². The van der Waals surface area contributed by atoms with Gasteiger partial charge in [-0.05, 0) is 25.1 Å². The number of ether oxygens (including phenoxy) is 1. The van der Waals surface area contributed by atoms with Gasteiger partial charge in [0.05, 0.1) is 12.7 Å². The summed E-state index contributed by atoms with van der Waals surface area (Å²) in [5.41, 5.74) is 6.48. The minimum absolute atomic E-state index is 0.196. The Labute approximate surface area is 97.5 Å². The molecule has 0 spiro atoms. The van der Waals surface area contributed by atoms with Crippen molar-refractivity contribution in [1.82, 2.24) is 15.2 Å². The average Bonchev–Trinajstić information content (AvgIpc) is 2.29. The number of halogens is 1. The first-order chi connectivity index (χ1) is 8.11. The van der Waals surface area contributed by atoms with Crippen LogP contribution in [-0.4, -0.2) is 22.3 Å². The van der Waals surface area contributed by atoms with Gasteiger partial charge in [-0.1, -0.05) is 0 Å². The first kappa shape index (κ1) is 11.3. The fraction of sp³-hybridized carbons (Fsp3) is 0.182. The van der Waals surface area contributed by atoms with E-state index >= 15 is 0 Å². The number of hydrogen-bond acceptors (Lipinski definition) is 5. The summed E-state index contributed by atoms with van der Waals surface area (Å²) in [5, 5.41) is 7.72. The monoisotopic (exact) mass is 234 g/mol. The average molecular weight is 234 g/mol. The molecule has 6 heteroatoms. The molecule has 2 aromatic rings. The van der Waals surface area contributed by atoms with Gasteiger partial charge in [0.1, 0.15) is 23.1 Å². The molecule has 0 aliphatic carbocycles. The second-order valence-corrected chi connectivity index (χ2v) is 3.44. The third-order valence-corrected chi connectivity index (χ3v) is 2.24. The van der Waals surface area contributed by atoms with Crippen molar-refractivity contribution in [2.75, 3.05) is 12.8 Å². The molecule has 1 aromatic heterocycles. The zero-order chi connectivity index (χ0) is 12.4. The van der Waals surface area contributed by atoms with Gasteiger partial charge in [0.25, 0.3) is 0 Å². The lowest BCUT2D eigenvalue weighted by Crippen LogP contribution is -2.03. The van der Waals surface area contributed by atoms with Gasteiger partial charge in [-0.2, -0.15) is 0 Å². The van der Waals surface area contributed by atoms with E-state index in [1.165, 1.54) is 25.3 Å². The maximum absolute atomic E-state index is 13.2. The fourth-order valence-corrected chi connectivity index (χ4v) is 1.48. The van der Waals surface area contributed by atoms with Gasteiger partial charge in [0, 0.05) is 0 Å². The van der Waals surface area contributed by atoms with Crippen LogP contribution in [0.25, 0.3) is 11.3 Å². The zero-order valence-electron chi connectivity index (χ0n) is 9.44. The van der Waals surface area contributed by atoms with Crippen LogP contribution >= 0.6 is 0 Å². The predicted octanol–water partition coefficient (Wildman–Crippen LogP) is 1.58. The molecule has 0 saturated carbocycles. The number of nitrogens with zero attached hydrogens (tertiary/aromatic N) is 3. The molecule has 0 radical (unpaired) electrons. The molecular formula is C11H11FN4O. The number of rotatable bonds is 2. The number of methoxy groups -OCH3 is 1. The second-order valence-electron chi connectivity index (χ2n) is 3.44. The Morgan fingerprint density at radius 1 is 1.29 bits per heavy atom. The van der Waals surface area contributed by atoms with Crippen molar-refractivity contribution in [2.24, 2.45) is 0 Å². The zero-order valence-corrected chi connectivity index (χ0v) is 9.44. The Bertz CT molecular complexity index is 559. The maximum atomic E-state index is 13.2. The first-order valence-electron chi connectivity index (χ1n) is 4.92. The van der Waals surface area contributed by atoms with E-state index < -0.39 is 5.82 Å². The van der Waals surface area contributed by atoms with Crippen LogP contribution in [0.3, 0.4) is 0 Å². The lowest BCUT2D eigenvalue weighted by atomic mass is 10.1. The third kappa shape index (κ3) is 2.15. The van der Waals surface area contributed by atoms with Gasteiger partial charge in [0.2, 0.25) is 0 Å². The molecule has 0 fully saturated rings. The Balaban J connectivity index is 2.62. The Morgan fingerprint density at radius 3 is 2.71 bits per heavy atom. The minimum Gasteiger partial charge on any atom is -0.496 e. The number of nitrogen functional groups attached to an aromatic ring is 1. The SMILES string of the molecule is COc1ccc(F)cc1-c1nnc(C)nc1N. The number of nitrogens with two attached hydrogens (primary N) is 1. The molecule has 0 unspecified atom stereocenters. The van der Waals surface area contributed by atoms with E-state index in [-0.39, 0.29) is 5.82 Å². The van der Waals surface area contributed by atoms with Gasteiger partial charge in [-0.25, -0.2) is 9.37 Å². The van der Waals surface area contributed by atoms with Gasteiger partial charge >= 0.3 is 0 Å². The molecule has 2 N–H and O–H groups in total. The molecule has 17 heavy (non-hydrogen) atoms. The quantitative estimate of drug-likeness (QED) is 0.853. The number of benzene rings is 1. The Hall–Kier alpha value is -2.24. The van der Waals surface area contributed by atoms with Crippen molar-refractivity contribution >= 4 is 5.82 Å². The summed E-state index contributed by atoms with van der Waals surface area (Å²) in [6, 6.07) is 4.09. The largest absolute Gasteiger partial charge is 0.496 e. The lowest BCUT2D eigenvalue weighted by Gasteiger charge is -2.08. The number of aryl methyl sites for hydroxylation is 1. The van der Waals surface area contributed by atoms with Crippen LogP contribution < -0.4 is 10.5 Å². The smallest absolute Gasteiger partial charge is 0.154 e. The molecule has 0 atom stereocenters. The topological polar surface area (TPSA) is 73.9 Å². The van der Waals surface area contributed by atoms with Crippen LogP contribution in [0.15, 0.2) is 18.2 Å². The summed E-state index contributed by atoms with van der Waals surface area (Å²) >= 11 is 0. The molecule has 88 valence electrons. The molecule has 1 heterocycles. The highest BCUT2D eigenvalue weighted by molar-refractivity contribution is 5.74. The standard InChI is InChI=1S/C11H11FN4O/c1-6-14-11(13)10(16-15-6)8-5-7(12)3-4-9(8)17-2/h3-5H,1-2H3,(H2,13,14,15). The fourth-order valence-electron chi connectivity index (χ4n) is 1.48. The highest BCUT2D eigenvalue weighted by Gasteiger charge is 2.13. The van der Waals surface area contributed by atoms with E-state index in [0.29, 0.717) is 22.8 Å². The highest BCUT2D eigenvalue weighted by Crippen LogP contribution is 2.31. The van der Waals surface area contributed by atoms with E-state index in [1.54, 1.807) is 6.92 Å². The molecule has 0 bridgehead atoms. The molecule has 0 aliphatic rings. The first-order valence-corrected chi connectivity index (χ1v) is 4.92. The summed E-state index contributed by atoms with van der Waals surface area (Å²) < 4.78 is 18.3. The molecule has 2 rings (SSSR count). The van der Waals surface area contributed by atoms with E-state index in [2.05, 4.69) is 15.2 Å². The molecule has 0 aliphatic heterocycles. The van der Waals surface area contributed by atoms with Crippen molar-refractivity contribution in [3.63, 3.8) is 0 Å². The van der Waals surface area contributed by atoms with Crippen molar-refractivity contribution in [2.45, 2.75) is 6.92 Å². The Morgan fingerprint density at radius 2 is 2.06 bits per heavy atom. The van der Waals surface area contributed by atoms with Crippen molar-refractivity contribution in [3.8, 4) is 17.0 Å². The van der Waals surface area contributed by atoms with E-state index in [4.69, 9.17) is 10.5 Å². The van der Waals surface area contributed by atoms with Crippen molar-refractivity contribution < 1.29 is 9.13 Å². The molecular weight excluding hydrogens is 223 g/mol. The number of aromatic nitrogens is 3. The lowest BCUT2D eigenvalue weighted by molar-refractivity contribution is 0.415. The van der Waals surface area contributed by atoms with Gasteiger partial charge in [-0.3, -0.25) is 0 Å². The van der Waals surface area contributed by atoms with Crippen LogP contribution in [0.1, 0.15) is 5.82 Å². The molecule has 0 saturated heterocycles. The van der Waals surface area contributed by atoms with Crippen LogP contribution in [0, 0.1) is 12.7 Å². The highest BCUT2D eigenvalue weighted by atomic mass is 19.1. The predicted molar refractivity (Wildman–Crippen MR) is 60.9 cm³/mol. The summed E-state index contributed by atoms with van der Waals surface area (Å²) in [5.74, 6) is 0.726. The summed E-state index contributed by atoms with van der Waals surface area (Å²) in [7, 11) is 1.49. The van der Waals surface area contributed by atoms with Crippen molar-refractivity contribution in [1.29, 1.82) is 0 Å². The normalized spacial score (nSPS) is 10.3. The summed E-state index contributed by atoms with van der Waals surface area (Å²) in [6.45, 7) is 1.68. The van der Waals surface area contributed by atoms with Gasteiger partial charge in [-0.15, -0.1) is 10.2 Å². The van der Waals surface area contributed by atoms with Crippen LogP contribution in [-0.2, 0) is 0 Å². The number of anilines is 1. The van der Waals surface area contributed by atoms with Crippen LogP contribution in [0.5, 0.6) is 5.75 Å². The van der Waals surface area contributed by atoms with E-state index in [1.807, 2.05) is 0 Å². The minimum atomic E-state index is -0.400.